The van der Waals surface area contributed by atoms with Gasteiger partial charge in [-0.05, 0) is 39.2 Å². The van der Waals surface area contributed by atoms with E-state index in [1.807, 2.05) is 38.7 Å². The Morgan fingerprint density at radius 2 is 2.04 bits per heavy atom. The van der Waals surface area contributed by atoms with Gasteiger partial charge in [-0.25, -0.2) is 9.50 Å². The molecule has 0 saturated carbocycles. The summed E-state index contributed by atoms with van der Waals surface area (Å²) in [6, 6.07) is 3.50. The zero-order valence-corrected chi connectivity index (χ0v) is 16.1. The number of hydrogen-bond donors (Lipinski definition) is 0. The molecule has 0 aromatic carbocycles. The van der Waals surface area contributed by atoms with E-state index in [1.54, 1.807) is 10.6 Å². The van der Waals surface area contributed by atoms with Crippen LogP contribution in [0.15, 0.2) is 16.7 Å². The monoisotopic (exact) mass is 368 g/mol. The van der Waals surface area contributed by atoms with Crippen LogP contribution in [0.5, 0.6) is 0 Å². The van der Waals surface area contributed by atoms with Crippen molar-refractivity contribution in [3.8, 4) is 0 Å². The molecule has 142 valence electrons. The van der Waals surface area contributed by atoms with Gasteiger partial charge in [-0.3, -0.25) is 4.79 Å². The van der Waals surface area contributed by atoms with Gasteiger partial charge in [0.25, 0.3) is 5.91 Å². The minimum absolute atomic E-state index is 0.119. The number of aryl methyl sites for hydroxylation is 2. The van der Waals surface area contributed by atoms with Gasteiger partial charge < -0.3 is 9.42 Å². The topological polar surface area (TPSA) is 89.4 Å². The summed E-state index contributed by atoms with van der Waals surface area (Å²) < 4.78 is 7.19. The largest absolute Gasteiger partial charge is 0.337 e. The average Bonchev–Trinajstić information content (AvgIpc) is 3.28. The molecule has 0 bridgehead atoms. The lowest BCUT2D eigenvalue weighted by atomic mass is 10.0. The standard InChI is InChI=1S/C19H24N6O2/c1-11(2)17-21-18(27-23-17)15-7-5-6-8-24(15)19(26)14-10-16-20-12(3)9-13(4)25(16)22-14/h9-11,15H,5-8H2,1-4H3/t15-/m0/s1. The fourth-order valence-electron chi connectivity index (χ4n) is 3.59. The van der Waals surface area contributed by atoms with Crippen LogP contribution in [0.3, 0.4) is 0 Å². The molecule has 1 amide bonds. The van der Waals surface area contributed by atoms with Crippen LogP contribution in [0.4, 0.5) is 0 Å². The molecular formula is C19H24N6O2. The van der Waals surface area contributed by atoms with Crippen LogP contribution < -0.4 is 0 Å². The third-order valence-corrected chi connectivity index (χ3v) is 4.98. The first-order valence-electron chi connectivity index (χ1n) is 9.42. The Kier molecular flexibility index (Phi) is 4.41. The van der Waals surface area contributed by atoms with Gasteiger partial charge >= 0.3 is 0 Å². The molecule has 1 fully saturated rings. The number of nitrogens with zero attached hydrogens (tertiary/aromatic N) is 6. The Labute approximate surface area is 157 Å². The average molecular weight is 368 g/mol. The van der Waals surface area contributed by atoms with Crippen molar-refractivity contribution >= 4 is 11.6 Å². The molecule has 1 aliphatic heterocycles. The van der Waals surface area contributed by atoms with Crippen molar-refractivity contribution in [2.24, 2.45) is 0 Å². The molecule has 4 rings (SSSR count). The lowest BCUT2D eigenvalue weighted by Crippen LogP contribution is -2.39. The molecular weight excluding hydrogens is 344 g/mol. The van der Waals surface area contributed by atoms with Gasteiger partial charge in [-0.1, -0.05) is 19.0 Å². The first-order valence-corrected chi connectivity index (χ1v) is 9.42. The van der Waals surface area contributed by atoms with Crippen molar-refractivity contribution in [1.29, 1.82) is 0 Å². The molecule has 1 atom stereocenters. The highest BCUT2D eigenvalue weighted by Gasteiger charge is 2.34. The second kappa shape index (κ2) is 6.75. The maximum Gasteiger partial charge on any atom is 0.275 e. The van der Waals surface area contributed by atoms with Crippen LogP contribution in [0, 0.1) is 13.8 Å². The number of carbonyl (C=O) groups is 1. The summed E-state index contributed by atoms with van der Waals surface area (Å²) in [4.78, 5) is 24.0. The van der Waals surface area contributed by atoms with Crippen LogP contribution in [-0.2, 0) is 0 Å². The molecule has 3 aromatic heterocycles. The zero-order chi connectivity index (χ0) is 19.1. The number of piperidine rings is 1. The van der Waals surface area contributed by atoms with Crippen molar-refractivity contribution in [1.82, 2.24) is 29.6 Å². The van der Waals surface area contributed by atoms with E-state index in [0.717, 1.165) is 30.7 Å². The van der Waals surface area contributed by atoms with Crippen LogP contribution >= 0.6 is 0 Å². The molecule has 8 heteroatoms. The molecule has 4 heterocycles. The number of aromatic nitrogens is 5. The van der Waals surface area contributed by atoms with E-state index in [-0.39, 0.29) is 17.9 Å². The summed E-state index contributed by atoms with van der Waals surface area (Å²) >= 11 is 0. The van der Waals surface area contributed by atoms with Crippen molar-refractivity contribution in [2.75, 3.05) is 6.54 Å². The molecule has 1 saturated heterocycles. The smallest absolute Gasteiger partial charge is 0.275 e. The lowest BCUT2D eigenvalue weighted by molar-refractivity contribution is 0.0555. The maximum absolute atomic E-state index is 13.2. The highest BCUT2D eigenvalue weighted by atomic mass is 16.5. The second-order valence-electron chi connectivity index (χ2n) is 7.49. The van der Waals surface area contributed by atoms with E-state index in [9.17, 15) is 4.79 Å². The van der Waals surface area contributed by atoms with Crippen molar-refractivity contribution < 1.29 is 9.32 Å². The van der Waals surface area contributed by atoms with Gasteiger partial charge in [0, 0.05) is 29.9 Å². The van der Waals surface area contributed by atoms with Crippen molar-refractivity contribution in [3.63, 3.8) is 0 Å². The first kappa shape index (κ1) is 17.6. The highest BCUT2D eigenvalue weighted by Crippen LogP contribution is 2.31. The van der Waals surface area contributed by atoms with Crippen LogP contribution in [-0.4, -0.2) is 42.1 Å². The lowest BCUT2D eigenvalue weighted by Gasteiger charge is -2.32. The summed E-state index contributed by atoms with van der Waals surface area (Å²) in [6.45, 7) is 8.59. The van der Waals surface area contributed by atoms with Gasteiger partial charge in [0.15, 0.2) is 17.2 Å². The Hall–Kier alpha value is -2.77. The molecule has 8 nitrogen and oxygen atoms in total. The van der Waals surface area contributed by atoms with Gasteiger partial charge in [0.05, 0.1) is 0 Å². The molecule has 27 heavy (non-hydrogen) atoms. The quantitative estimate of drug-likeness (QED) is 0.705. The molecule has 0 radical (unpaired) electrons. The normalized spacial score (nSPS) is 17.8. The fraction of sp³-hybridized carbons (Fsp3) is 0.526. The predicted molar refractivity (Wildman–Crippen MR) is 98.5 cm³/mol. The highest BCUT2D eigenvalue weighted by molar-refractivity contribution is 5.93. The van der Waals surface area contributed by atoms with E-state index < -0.39 is 0 Å². The summed E-state index contributed by atoms with van der Waals surface area (Å²) in [5.41, 5.74) is 2.93. The fourth-order valence-corrected chi connectivity index (χ4v) is 3.59. The zero-order valence-electron chi connectivity index (χ0n) is 16.1. The van der Waals surface area contributed by atoms with E-state index in [2.05, 4.69) is 20.2 Å². The van der Waals surface area contributed by atoms with Crippen LogP contribution in [0.2, 0.25) is 0 Å². The van der Waals surface area contributed by atoms with E-state index in [1.165, 1.54) is 0 Å². The molecule has 0 spiro atoms. The Bertz CT molecular complexity index is 989. The number of amides is 1. The Morgan fingerprint density at radius 3 is 2.78 bits per heavy atom. The van der Waals surface area contributed by atoms with Gasteiger partial charge in [-0.15, -0.1) is 0 Å². The maximum atomic E-state index is 13.2. The molecule has 3 aromatic rings. The van der Waals surface area contributed by atoms with Gasteiger partial charge in [0.1, 0.15) is 6.04 Å². The number of likely N-dealkylation sites (tertiary alicyclic amines) is 1. The van der Waals surface area contributed by atoms with E-state index >= 15 is 0 Å². The molecule has 0 aliphatic carbocycles. The molecule has 0 unspecified atom stereocenters. The summed E-state index contributed by atoms with van der Waals surface area (Å²) in [5, 5.41) is 8.55. The number of carbonyl (C=O) groups excluding carboxylic acids is 1. The van der Waals surface area contributed by atoms with Crippen molar-refractivity contribution in [2.45, 2.75) is 58.9 Å². The number of rotatable bonds is 3. The summed E-state index contributed by atoms with van der Waals surface area (Å²) in [7, 11) is 0. The molecule has 0 N–H and O–H groups in total. The van der Waals surface area contributed by atoms with Gasteiger partial charge in [0.2, 0.25) is 5.89 Å². The third-order valence-electron chi connectivity index (χ3n) is 4.98. The number of hydrogen-bond acceptors (Lipinski definition) is 6. The first-order chi connectivity index (χ1) is 12.9. The summed E-state index contributed by atoms with van der Waals surface area (Å²) in [5.74, 6) is 1.25. The van der Waals surface area contributed by atoms with Crippen molar-refractivity contribution in [3.05, 3.63) is 40.9 Å². The van der Waals surface area contributed by atoms with Gasteiger partial charge in [-0.2, -0.15) is 10.1 Å². The van der Waals surface area contributed by atoms with E-state index in [4.69, 9.17) is 4.52 Å². The molecule has 1 aliphatic rings. The minimum Gasteiger partial charge on any atom is -0.337 e. The Balaban J connectivity index is 1.67. The predicted octanol–water partition coefficient (Wildman–Crippen LogP) is 3.22. The Morgan fingerprint density at radius 1 is 1.22 bits per heavy atom. The van der Waals surface area contributed by atoms with Crippen LogP contribution in [0.1, 0.15) is 78.7 Å². The van der Waals surface area contributed by atoms with E-state index in [0.29, 0.717) is 29.6 Å². The third kappa shape index (κ3) is 3.20. The minimum atomic E-state index is -0.202. The second-order valence-corrected chi connectivity index (χ2v) is 7.49. The SMILES string of the molecule is Cc1cc(C)n2nc(C(=O)N3CCCC[C@H]3c3nc(C(C)C)no3)cc2n1. The number of fused-ring (bicyclic) bond motifs is 1. The van der Waals surface area contributed by atoms with Crippen LogP contribution in [0.25, 0.3) is 5.65 Å². The summed E-state index contributed by atoms with van der Waals surface area (Å²) in [6.07, 6.45) is 2.80.